The third-order valence-electron chi connectivity index (χ3n) is 5.23. The number of carbonyl (C=O) groups excluding carboxylic acids is 1. The Balaban J connectivity index is 2.19. The SMILES string of the molecule is CC(C)[C@]12CC[C@](C)(OO1)C1=C([C@H](C)CC1=O)[C@H]2O. The predicted octanol–water partition coefficient (Wildman–Crippen LogP) is 2.16. The van der Waals surface area contributed by atoms with Gasteiger partial charge in [0.25, 0.3) is 0 Å². The minimum atomic E-state index is -0.742. The van der Waals surface area contributed by atoms with E-state index in [0.717, 1.165) is 18.4 Å². The summed E-state index contributed by atoms with van der Waals surface area (Å²) >= 11 is 0. The number of rotatable bonds is 1. The van der Waals surface area contributed by atoms with Crippen molar-refractivity contribution in [3.05, 3.63) is 11.1 Å². The monoisotopic (exact) mass is 266 g/mol. The van der Waals surface area contributed by atoms with Crippen LogP contribution in [0.15, 0.2) is 11.1 Å². The second kappa shape index (κ2) is 3.90. The smallest absolute Gasteiger partial charge is 0.162 e. The maximum absolute atomic E-state index is 12.3. The van der Waals surface area contributed by atoms with Gasteiger partial charge in [0.05, 0.1) is 0 Å². The molecule has 0 unspecified atom stereocenters. The summed E-state index contributed by atoms with van der Waals surface area (Å²) in [5, 5.41) is 10.9. The molecule has 1 fully saturated rings. The van der Waals surface area contributed by atoms with Crippen LogP contribution in [0.5, 0.6) is 0 Å². The Bertz CT molecular complexity index is 455. The lowest BCUT2D eigenvalue weighted by atomic mass is 9.77. The standard InChI is InChI=1S/C15H22O4/c1-8(2)15-6-5-14(4,18-19-15)12-10(16)7-9(3)11(12)13(15)17/h8-9,13,17H,5-7H2,1-4H3/t9-,13-,14+,15+/m1/s1. The Hall–Kier alpha value is -0.710. The van der Waals surface area contributed by atoms with Crippen molar-refractivity contribution < 1.29 is 19.7 Å². The van der Waals surface area contributed by atoms with Gasteiger partial charge in [-0.25, -0.2) is 9.78 Å². The minimum absolute atomic E-state index is 0.0818. The van der Waals surface area contributed by atoms with Gasteiger partial charge in [-0.2, -0.15) is 0 Å². The van der Waals surface area contributed by atoms with Crippen molar-refractivity contribution in [1.82, 2.24) is 0 Å². The van der Waals surface area contributed by atoms with Crippen molar-refractivity contribution in [2.24, 2.45) is 11.8 Å². The normalized spacial score (nSPS) is 45.9. The maximum Gasteiger partial charge on any atom is 0.162 e. The summed E-state index contributed by atoms with van der Waals surface area (Å²) in [7, 11) is 0. The van der Waals surface area contributed by atoms with Crippen molar-refractivity contribution in [1.29, 1.82) is 0 Å². The molecule has 0 saturated carbocycles. The Labute approximate surface area is 113 Å². The lowest BCUT2D eigenvalue weighted by Crippen LogP contribution is -2.54. The molecule has 106 valence electrons. The Morgan fingerprint density at radius 1 is 1.32 bits per heavy atom. The first-order chi connectivity index (χ1) is 8.82. The van der Waals surface area contributed by atoms with E-state index in [-0.39, 0.29) is 17.6 Å². The second-order valence-corrected chi connectivity index (χ2v) is 6.77. The van der Waals surface area contributed by atoms with E-state index in [9.17, 15) is 9.90 Å². The second-order valence-electron chi connectivity index (χ2n) is 6.77. The summed E-state index contributed by atoms with van der Waals surface area (Å²) in [4.78, 5) is 23.6. The van der Waals surface area contributed by atoms with Gasteiger partial charge >= 0.3 is 0 Å². The van der Waals surface area contributed by atoms with Crippen LogP contribution in [0.2, 0.25) is 0 Å². The van der Waals surface area contributed by atoms with E-state index in [2.05, 4.69) is 0 Å². The van der Waals surface area contributed by atoms with E-state index >= 15 is 0 Å². The lowest BCUT2D eigenvalue weighted by Gasteiger charge is -2.45. The fraction of sp³-hybridized carbons (Fsp3) is 0.800. The van der Waals surface area contributed by atoms with Gasteiger partial charge < -0.3 is 5.11 Å². The van der Waals surface area contributed by atoms with Crippen molar-refractivity contribution in [3.63, 3.8) is 0 Å². The van der Waals surface area contributed by atoms with E-state index in [0.29, 0.717) is 12.0 Å². The molecular weight excluding hydrogens is 244 g/mol. The highest BCUT2D eigenvalue weighted by molar-refractivity contribution is 6.01. The first-order valence-corrected chi connectivity index (χ1v) is 7.14. The highest BCUT2D eigenvalue weighted by Gasteiger charge is 2.60. The lowest BCUT2D eigenvalue weighted by molar-refractivity contribution is -0.442. The molecule has 0 spiro atoms. The molecule has 1 N–H and O–H groups in total. The summed E-state index contributed by atoms with van der Waals surface area (Å²) < 4.78 is 0. The van der Waals surface area contributed by atoms with Crippen LogP contribution in [0.25, 0.3) is 0 Å². The Kier molecular flexibility index (Phi) is 2.73. The third kappa shape index (κ3) is 1.54. The molecule has 0 radical (unpaired) electrons. The van der Waals surface area contributed by atoms with Gasteiger partial charge in [-0.3, -0.25) is 4.79 Å². The van der Waals surface area contributed by atoms with E-state index in [1.807, 2.05) is 27.7 Å². The van der Waals surface area contributed by atoms with E-state index in [4.69, 9.17) is 9.78 Å². The molecule has 0 aromatic carbocycles. The average Bonchev–Trinajstić information content (AvgIpc) is 2.54. The highest BCUT2D eigenvalue weighted by Crippen LogP contribution is 2.53. The van der Waals surface area contributed by atoms with Crippen LogP contribution < -0.4 is 0 Å². The zero-order chi connectivity index (χ0) is 14.0. The topological polar surface area (TPSA) is 55.8 Å². The van der Waals surface area contributed by atoms with E-state index < -0.39 is 17.3 Å². The summed E-state index contributed by atoms with van der Waals surface area (Å²) in [6.07, 6.45) is 1.18. The number of ketones is 1. The predicted molar refractivity (Wildman–Crippen MR) is 69.2 cm³/mol. The van der Waals surface area contributed by atoms with Crippen LogP contribution in [-0.2, 0) is 14.6 Å². The highest BCUT2D eigenvalue weighted by atomic mass is 17.2. The van der Waals surface area contributed by atoms with Gasteiger partial charge in [0, 0.05) is 12.0 Å². The molecular formula is C15H22O4. The minimum Gasteiger partial charge on any atom is -0.386 e. The average molecular weight is 266 g/mol. The number of hydrogen-bond donors (Lipinski definition) is 1. The van der Waals surface area contributed by atoms with E-state index in [1.54, 1.807) is 0 Å². The largest absolute Gasteiger partial charge is 0.386 e. The van der Waals surface area contributed by atoms with Crippen molar-refractivity contribution >= 4 is 5.78 Å². The van der Waals surface area contributed by atoms with Crippen LogP contribution in [0, 0.1) is 11.8 Å². The Morgan fingerprint density at radius 2 is 2.00 bits per heavy atom. The third-order valence-corrected chi connectivity index (χ3v) is 5.23. The number of Topliss-reactive ketones (excluding diaryl/α,β-unsaturated/α-hetero) is 1. The molecule has 4 rings (SSSR count). The quantitative estimate of drug-likeness (QED) is 0.739. The molecule has 4 aliphatic rings. The van der Waals surface area contributed by atoms with E-state index in [1.165, 1.54) is 0 Å². The molecule has 4 heteroatoms. The Morgan fingerprint density at radius 3 is 2.53 bits per heavy atom. The van der Waals surface area contributed by atoms with Gasteiger partial charge in [0.2, 0.25) is 0 Å². The van der Waals surface area contributed by atoms with Crippen LogP contribution in [0.4, 0.5) is 0 Å². The van der Waals surface area contributed by atoms with Gasteiger partial charge in [0.1, 0.15) is 17.3 Å². The summed E-state index contributed by atoms with van der Waals surface area (Å²) in [6.45, 7) is 7.97. The van der Waals surface area contributed by atoms with Crippen LogP contribution in [0.1, 0.15) is 47.0 Å². The fourth-order valence-electron chi connectivity index (χ4n) is 3.90. The van der Waals surface area contributed by atoms with Crippen molar-refractivity contribution in [2.45, 2.75) is 64.3 Å². The molecule has 2 heterocycles. The van der Waals surface area contributed by atoms with Crippen molar-refractivity contribution in [3.8, 4) is 0 Å². The first-order valence-electron chi connectivity index (χ1n) is 7.14. The fourth-order valence-corrected chi connectivity index (χ4v) is 3.90. The molecule has 4 nitrogen and oxygen atoms in total. The number of carbonyl (C=O) groups is 1. The van der Waals surface area contributed by atoms with Gasteiger partial charge in [-0.05, 0) is 37.2 Å². The number of aliphatic hydroxyl groups is 1. The maximum atomic E-state index is 12.3. The molecule has 0 aromatic heterocycles. The summed E-state index contributed by atoms with van der Waals surface area (Å²) in [5.41, 5.74) is 0.131. The van der Waals surface area contributed by atoms with Crippen LogP contribution >= 0.6 is 0 Å². The molecule has 1 saturated heterocycles. The molecule has 19 heavy (non-hydrogen) atoms. The number of aliphatic hydroxyl groups excluding tert-OH is 1. The van der Waals surface area contributed by atoms with Gasteiger partial charge in [-0.1, -0.05) is 20.8 Å². The summed E-state index contributed by atoms with van der Waals surface area (Å²) in [6, 6.07) is 0. The van der Waals surface area contributed by atoms with Crippen LogP contribution in [0.3, 0.4) is 0 Å². The number of fused-ring (bicyclic) bond motifs is 2. The molecule has 2 bridgehead atoms. The molecule has 0 aromatic rings. The summed E-state index contributed by atoms with van der Waals surface area (Å²) in [5.74, 6) is 0.314. The van der Waals surface area contributed by atoms with Gasteiger partial charge in [0.15, 0.2) is 5.78 Å². The van der Waals surface area contributed by atoms with Crippen LogP contribution in [-0.4, -0.2) is 28.2 Å². The molecule has 2 aliphatic heterocycles. The molecule has 0 amide bonds. The zero-order valence-electron chi connectivity index (χ0n) is 12.0. The molecule has 4 atom stereocenters. The zero-order valence-corrected chi connectivity index (χ0v) is 12.0. The molecule has 2 aliphatic carbocycles. The first kappa shape index (κ1) is 13.3. The van der Waals surface area contributed by atoms with Gasteiger partial charge in [-0.15, -0.1) is 0 Å². The number of hydrogen-bond acceptors (Lipinski definition) is 4. The van der Waals surface area contributed by atoms with Crippen molar-refractivity contribution in [2.75, 3.05) is 0 Å².